The summed E-state index contributed by atoms with van der Waals surface area (Å²) in [7, 11) is 0. The molecular weight excluding hydrogens is 141 g/mol. The van der Waals surface area contributed by atoms with Gasteiger partial charge in [0.25, 0.3) is 5.09 Å². The average Bonchev–Trinajstić information content (AvgIpc) is 1.66. The molecule has 0 amide bonds. The molecule has 4 nitrogen and oxygen atoms in total. The normalized spacial score (nSPS) is 7.67. The number of nitrogens with zero attached hydrogens (tertiary/aromatic N) is 1. The van der Waals surface area contributed by atoms with Gasteiger partial charge in [-0.2, -0.15) is 9.90 Å². The summed E-state index contributed by atoms with van der Waals surface area (Å²) in [6, 6.07) is 0. The van der Waals surface area contributed by atoms with E-state index < -0.39 is 5.09 Å². The monoisotopic (exact) mass is 153 g/mol. The topological polar surface area (TPSA) is 52.4 Å². The van der Waals surface area contributed by atoms with E-state index in [4.69, 9.17) is 0 Å². The molecule has 0 fully saturated rings. The zero-order valence-corrected chi connectivity index (χ0v) is 6.91. The van der Waals surface area contributed by atoms with Crippen molar-refractivity contribution in [1.82, 2.24) is 0 Å². The lowest BCUT2D eigenvalue weighted by Crippen LogP contribution is -2.00. The Kier molecular flexibility index (Phi) is 9.69. The first-order valence-corrected chi connectivity index (χ1v) is 2.54. The maximum atomic E-state index is 9.46. The van der Waals surface area contributed by atoms with Crippen molar-refractivity contribution in [2.24, 2.45) is 0 Å². The Morgan fingerprint density at radius 2 is 2.22 bits per heavy atom. The molecule has 0 heterocycles. The van der Waals surface area contributed by atoms with Crippen molar-refractivity contribution < 1.29 is 9.92 Å². The van der Waals surface area contributed by atoms with Crippen LogP contribution in [0.1, 0.15) is 19.8 Å². The van der Waals surface area contributed by atoms with E-state index in [2.05, 4.69) is 4.84 Å². The molecule has 0 radical (unpaired) electrons. The molecule has 56 valence electrons. The predicted molar refractivity (Wildman–Crippen MR) is 39.0 cm³/mol. The van der Waals surface area contributed by atoms with Crippen LogP contribution in [0.3, 0.4) is 0 Å². The second-order valence-corrected chi connectivity index (χ2v) is 1.41. The fourth-order valence-corrected chi connectivity index (χ4v) is 0.283. The molecule has 0 rings (SSSR count). The van der Waals surface area contributed by atoms with E-state index in [1.54, 1.807) is 0 Å². The molecule has 0 aromatic heterocycles. The van der Waals surface area contributed by atoms with Crippen LogP contribution in [0.25, 0.3) is 0 Å². The Morgan fingerprint density at radius 3 is 2.56 bits per heavy atom. The highest BCUT2D eigenvalue weighted by molar-refractivity contribution is 6.92. The van der Waals surface area contributed by atoms with Gasteiger partial charge >= 0.3 is 0 Å². The van der Waals surface area contributed by atoms with Crippen molar-refractivity contribution in [3.05, 3.63) is 10.1 Å². The maximum absolute atomic E-state index is 9.46. The van der Waals surface area contributed by atoms with E-state index in [1.807, 2.05) is 6.92 Å². The van der Waals surface area contributed by atoms with Gasteiger partial charge in [-0.3, -0.25) is 0 Å². The lowest BCUT2D eigenvalue weighted by Gasteiger charge is -1.92. The van der Waals surface area contributed by atoms with Gasteiger partial charge in [-0.05, 0) is 6.42 Å². The first-order valence-electron chi connectivity index (χ1n) is 2.54. The van der Waals surface area contributed by atoms with Crippen LogP contribution in [0.4, 0.5) is 0 Å². The van der Waals surface area contributed by atoms with E-state index in [-0.39, 0.29) is 16.5 Å². The minimum absolute atomic E-state index is 0. The number of unbranched alkanes of at least 4 members (excludes halogenated alkanes) is 1. The summed E-state index contributed by atoms with van der Waals surface area (Å²) in [6.07, 6.45) is 1.68. The van der Waals surface area contributed by atoms with Crippen LogP contribution in [-0.4, -0.2) is 11.7 Å². The van der Waals surface area contributed by atoms with Crippen molar-refractivity contribution in [1.29, 1.82) is 0 Å². The molecule has 0 N–H and O–H groups in total. The van der Waals surface area contributed by atoms with Gasteiger partial charge in [-0.1, -0.05) is 13.3 Å². The van der Waals surface area contributed by atoms with Crippen molar-refractivity contribution in [2.75, 3.05) is 6.61 Å². The summed E-state index contributed by atoms with van der Waals surface area (Å²) in [6.45, 7) is 2.17. The van der Waals surface area contributed by atoms with Crippen molar-refractivity contribution in [3.8, 4) is 0 Å². The molecule has 0 aliphatic carbocycles. The molecule has 0 aromatic rings. The van der Waals surface area contributed by atoms with Crippen molar-refractivity contribution in [3.63, 3.8) is 0 Å². The third kappa shape index (κ3) is 11.3. The summed E-state index contributed by atoms with van der Waals surface area (Å²) in [5, 5.41) is 8.69. The molecule has 0 bridgehead atoms. The summed E-state index contributed by atoms with van der Waals surface area (Å²) in [5.74, 6) is 0. The molecule has 0 aliphatic rings. The van der Waals surface area contributed by atoms with Gasteiger partial charge < -0.3 is 4.84 Å². The van der Waals surface area contributed by atoms with E-state index in [0.29, 0.717) is 0 Å². The third-order valence-electron chi connectivity index (χ3n) is 0.695. The Bertz CT molecular complexity index is 78.2. The summed E-state index contributed by atoms with van der Waals surface area (Å²) in [4.78, 5) is 13.5. The molecule has 1 atom stereocenters. The van der Waals surface area contributed by atoms with Gasteiger partial charge in [0.05, 0.1) is 6.61 Å². The Labute approximate surface area is 57.3 Å². The molecule has 5 heteroatoms. The quantitative estimate of drug-likeness (QED) is 0.262. The average molecular weight is 153 g/mol. The number of hydrogen-bond donors (Lipinski definition) is 0. The largest absolute Gasteiger partial charge is 0.314 e. The zero-order valence-electron chi connectivity index (χ0n) is 5.50. The van der Waals surface area contributed by atoms with E-state index in [0.717, 1.165) is 12.8 Å². The standard InChI is InChI=1S/C4H9NO3.H3P/c1-2-3-4-8-5(6)7;/h2-4H2,1H3;1H3. The lowest BCUT2D eigenvalue weighted by atomic mass is 10.4. The Morgan fingerprint density at radius 1 is 1.67 bits per heavy atom. The number of hydrogen-bond acceptors (Lipinski definition) is 3. The fourth-order valence-electron chi connectivity index (χ4n) is 0.283. The Hall–Kier alpha value is -0.370. The summed E-state index contributed by atoms with van der Waals surface area (Å²) < 4.78 is 0. The minimum Gasteiger partial charge on any atom is -0.314 e. The molecular formula is C4H12NO3P. The highest BCUT2D eigenvalue weighted by atomic mass is 31.0. The molecule has 0 aromatic carbocycles. The first kappa shape index (κ1) is 11.4. The van der Waals surface area contributed by atoms with Crippen LogP contribution in [0, 0.1) is 10.1 Å². The number of rotatable bonds is 4. The lowest BCUT2D eigenvalue weighted by molar-refractivity contribution is -0.757. The molecule has 9 heavy (non-hydrogen) atoms. The van der Waals surface area contributed by atoms with Crippen LogP contribution >= 0.6 is 9.90 Å². The molecule has 0 spiro atoms. The highest BCUT2D eigenvalue weighted by Gasteiger charge is 1.89. The SMILES string of the molecule is CCCCO[N+](=O)[O-].P. The Balaban J connectivity index is 0. The molecule has 0 saturated heterocycles. The first-order chi connectivity index (χ1) is 3.77. The van der Waals surface area contributed by atoms with Crippen LogP contribution in [0.5, 0.6) is 0 Å². The van der Waals surface area contributed by atoms with Crippen molar-refractivity contribution in [2.45, 2.75) is 19.8 Å². The minimum atomic E-state index is -0.768. The van der Waals surface area contributed by atoms with Gasteiger partial charge in [0.1, 0.15) is 0 Å². The van der Waals surface area contributed by atoms with Gasteiger partial charge in [0, 0.05) is 0 Å². The summed E-state index contributed by atoms with van der Waals surface area (Å²) >= 11 is 0. The van der Waals surface area contributed by atoms with Crippen LogP contribution in [-0.2, 0) is 4.84 Å². The summed E-state index contributed by atoms with van der Waals surface area (Å²) in [5.41, 5.74) is 0. The second-order valence-electron chi connectivity index (χ2n) is 1.41. The highest BCUT2D eigenvalue weighted by Crippen LogP contribution is 1.86. The second kappa shape index (κ2) is 7.63. The van der Waals surface area contributed by atoms with Crippen LogP contribution in [0.2, 0.25) is 0 Å². The fraction of sp³-hybridized carbons (Fsp3) is 1.00. The van der Waals surface area contributed by atoms with Gasteiger partial charge in [-0.25, -0.2) is 0 Å². The van der Waals surface area contributed by atoms with Gasteiger partial charge in [-0.15, -0.1) is 10.1 Å². The van der Waals surface area contributed by atoms with E-state index in [1.165, 1.54) is 0 Å². The predicted octanol–water partition coefficient (Wildman–Crippen LogP) is 1.05. The smallest absolute Gasteiger partial charge is 0.294 e. The van der Waals surface area contributed by atoms with Crippen LogP contribution in [0.15, 0.2) is 0 Å². The third-order valence-corrected chi connectivity index (χ3v) is 0.695. The van der Waals surface area contributed by atoms with Crippen molar-refractivity contribution >= 4 is 9.90 Å². The van der Waals surface area contributed by atoms with E-state index in [9.17, 15) is 10.1 Å². The molecule has 0 aliphatic heterocycles. The maximum Gasteiger partial charge on any atom is 0.294 e. The van der Waals surface area contributed by atoms with E-state index >= 15 is 0 Å². The molecule has 1 unspecified atom stereocenters. The van der Waals surface area contributed by atoms with Gasteiger partial charge in [0.15, 0.2) is 0 Å². The zero-order chi connectivity index (χ0) is 6.41. The van der Waals surface area contributed by atoms with Gasteiger partial charge in [0.2, 0.25) is 0 Å². The van der Waals surface area contributed by atoms with Crippen LogP contribution < -0.4 is 0 Å². The molecule has 0 saturated carbocycles.